The second kappa shape index (κ2) is 6.48. The maximum Gasteiger partial charge on any atom is 0.291 e. The van der Waals surface area contributed by atoms with E-state index in [1.807, 2.05) is 0 Å². The molecular weight excluding hydrogens is 317 g/mol. The van der Waals surface area contributed by atoms with E-state index in [-0.39, 0.29) is 34.4 Å². The van der Waals surface area contributed by atoms with Gasteiger partial charge in [0.05, 0.1) is 23.7 Å². The Morgan fingerprint density at radius 2 is 2.09 bits per heavy atom. The number of nitro groups is 1. The van der Waals surface area contributed by atoms with Crippen LogP contribution in [0.5, 0.6) is 17.2 Å². The lowest BCUT2D eigenvalue weighted by Gasteiger charge is -2.12. The topological polar surface area (TPSA) is 81.8 Å². The molecule has 2 aromatic rings. The third-order valence-electron chi connectivity index (χ3n) is 2.89. The van der Waals surface area contributed by atoms with Crippen LogP contribution in [0.1, 0.15) is 5.56 Å². The summed E-state index contributed by atoms with van der Waals surface area (Å²) >= 11 is 5.65. The van der Waals surface area contributed by atoms with Gasteiger partial charge in [-0.2, -0.15) is 0 Å². The number of rotatable bonds is 5. The molecule has 0 aromatic heterocycles. The summed E-state index contributed by atoms with van der Waals surface area (Å²) in [4.78, 5) is 10.1. The van der Waals surface area contributed by atoms with E-state index < -0.39 is 16.4 Å². The van der Waals surface area contributed by atoms with E-state index in [1.165, 1.54) is 19.2 Å². The summed E-state index contributed by atoms with van der Waals surface area (Å²) in [6.07, 6.45) is 0. The van der Waals surface area contributed by atoms with Gasteiger partial charge in [-0.15, -0.1) is 0 Å². The van der Waals surface area contributed by atoms with Crippen LogP contribution in [0.2, 0.25) is 5.02 Å². The van der Waals surface area contributed by atoms with Gasteiger partial charge in [-0.25, -0.2) is 4.39 Å². The highest BCUT2D eigenvalue weighted by molar-refractivity contribution is 6.32. The molecule has 0 aliphatic heterocycles. The zero-order valence-electron chi connectivity index (χ0n) is 11.4. The quantitative estimate of drug-likeness (QED) is 0.669. The van der Waals surface area contributed by atoms with Crippen molar-refractivity contribution in [2.24, 2.45) is 0 Å². The van der Waals surface area contributed by atoms with Gasteiger partial charge < -0.3 is 14.6 Å². The van der Waals surface area contributed by atoms with Gasteiger partial charge >= 0.3 is 0 Å². The number of phenolic OH excluding ortho intramolecular Hbond substituents is 1. The van der Waals surface area contributed by atoms with E-state index in [0.717, 1.165) is 12.1 Å². The van der Waals surface area contributed by atoms with E-state index >= 15 is 0 Å². The molecule has 0 saturated carbocycles. The monoisotopic (exact) mass is 327 g/mol. The highest BCUT2D eigenvalue weighted by Crippen LogP contribution is 2.37. The van der Waals surface area contributed by atoms with Crippen LogP contribution >= 0.6 is 11.6 Å². The molecule has 8 heteroatoms. The zero-order chi connectivity index (χ0) is 16.3. The van der Waals surface area contributed by atoms with Crippen molar-refractivity contribution in [3.05, 3.63) is 56.8 Å². The molecule has 0 aliphatic carbocycles. The number of halogens is 2. The predicted octanol–water partition coefficient (Wildman–Crippen LogP) is 3.68. The first-order chi connectivity index (χ1) is 10.4. The molecule has 2 rings (SSSR count). The molecule has 1 N–H and O–H groups in total. The van der Waals surface area contributed by atoms with Crippen molar-refractivity contribution in [2.75, 3.05) is 7.11 Å². The number of hydrogen-bond acceptors (Lipinski definition) is 5. The van der Waals surface area contributed by atoms with Crippen LogP contribution in [0.3, 0.4) is 0 Å². The Morgan fingerprint density at radius 3 is 2.73 bits per heavy atom. The molecule has 6 nitrogen and oxygen atoms in total. The predicted molar refractivity (Wildman–Crippen MR) is 77.1 cm³/mol. The molecule has 0 unspecified atom stereocenters. The minimum absolute atomic E-state index is 0.127. The lowest BCUT2D eigenvalue weighted by Crippen LogP contribution is -2.02. The highest BCUT2D eigenvalue weighted by atomic mass is 35.5. The summed E-state index contributed by atoms with van der Waals surface area (Å²) in [7, 11) is 1.38. The summed E-state index contributed by atoms with van der Waals surface area (Å²) in [5.41, 5.74) is -0.294. The zero-order valence-corrected chi connectivity index (χ0v) is 12.1. The molecule has 116 valence electrons. The molecule has 0 saturated heterocycles. The number of nitrogens with zero attached hydrogens (tertiary/aromatic N) is 1. The average Bonchev–Trinajstić information content (AvgIpc) is 2.46. The number of ether oxygens (including phenoxy) is 2. The molecule has 0 atom stereocenters. The number of methoxy groups -OCH3 is 1. The van der Waals surface area contributed by atoms with Crippen LogP contribution in [0, 0.1) is 15.9 Å². The summed E-state index contributed by atoms with van der Waals surface area (Å²) in [6, 6.07) is 6.22. The van der Waals surface area contributed by atoms with Crippen molar-refractivity contribution in [1.82, 2.24) is 0 Å². The SMILES string of the molecule is COc1cccc(F)c1COc1cc([N+](=O)[O-])c(Cl)cc1O. The van der Waals surface area contributed by atoms with Crippen molar-refractivity contribution in [2.45, 2.75) is 6.61 Å². The van der Waals surface area contributed by atoms with E-state index in [2.05, 4.69) is 0 Å². The van der Waals surface area contributed by atoms with E-state index in [1.54, 1.807) is 6.07 Å². The second-order valence-electron chi connectivity index (χ2n) is 4.24. The number of aromatic hydroxyl groups is 1. The van der Waals surface area contributed by atoms with Gasteiger partial charge in [0, 0.05) is 6.07 Å². The molecule has 0 amide bonds. The smallest absolute Gasteiger partial charge is 0.291 e. The molecule has 2 aromatic carbocycles. The Balaban J connectivity index is 2.29. The minimum atomic E-state index is -0.710. The normalized spacial score (nSPS) is 10.3. The van der Waals surface area contributed by atoms with Crippen molar-refractivity contribution < 1.29 is 23.9 Å². The lowest BCUT2D eigenvalue weighted by atomic mass is 10.2. The van der Waals surface area contributed by atoms with Crippen LogP contribution < -0.4 is 9.47 Å². The fraction of sp³-hybridized carbons (Fsp3) is 0.143. The van der Waals surface area contributed by atoms with Gasteiger partial charge in [-0.1, -0.05) is 17.7 Å². The average molecular weight is 328 g/mol. The number of benzene rings is 2. The summed E-state index contributed by atoms with van der Waals surface area (Å²) in [5.74, 6) is -0.849. The molecule has 0 radical (unpaired) electrons. The Morgan fingerprint density at radius 1 is 1.36 bits per heavy atom. The molecule has 0 heterocycles. The number of nitro benzene ring substituents is 1. The molecule has 22 heavy (non-hydrogen) atoms. The number of phenols is 1. The van der Waals surface area contributed by atoms with Gasteiger partial charge in [0.2, 0.25) is 0 Å². The van der Waals surface area contributed by atoms with Crippen LogP contribution in [-0.4, -0.2) is 17.1 Å². The minimum Gasteiger partial charge on any atom is -0.504 e. The van der Waals surface area contributed by atoms with Gasteiger partial charge in [0.15, 0.2) is 11.5 Å². The van der Waals surface area contributed by atoms with Crippen LogP contribution in [0.25, 0.3) is 0 Å². The second-order valence-corrected chi connectivity index (χ2v) is 4.64. The van der Waals surface area contributed by atoms with Crippen molar-refractivity contribution in [3.63, 3.8) is 0 Å². The van der Waals surface area contributed by atoms with Crippen LogP contribution in [-0.2, 0) is 6.61 Å². The van der Waals surface area contributed by atoms with Gasteiger partial charge in [0.1, 0.15) is 23.2 Å². The number of hydrogen-bond donors (Lipinski definition) is 1. The van der Waals surface area contributed by atoms with Crippen molar-refractivity contribution >= 4 is 17.3 Å². The fourth-order valence-corrected chi connectivity index (χ4v) is 2.03. The first-order valence-electron chi connectivity index (χ1n) is 6.05. The van der Waals surface area contributed by atoms with Gasteiger partial charge in [-0.05, 0) is 12.1 Å². The first kappa shape index (κ1) is 15.8. The van der Waals surface area contributed by atoms with Gasteiger partial charge in [0.25, 0.3) is 5.69 Å². The molecular formula is C14H11ClFNO5. The Kier molecular flexibility index (Phi) is 4.67. The maximum absolute atomic E-state index is 13.8. The standard InChI is InChI=1S/C14H11ClFNO5/c1-21-13-4-2-3-10(16)8(13)7-22-14-6-11(17(19)20)9(15)5-12(14)18/h2-6,18H,7H2,1H3. The third-order valence-corrected chi connectivity index (χ3v) is 3.20. The Bertz CT molecular complexity index is 723. The first-order valence-corrected chi connectivity index (χ1v) is 6.43. The third kappa shape index (κ3) is 3.20. The summed E-state index contributed by atoms with van der Waals surface area (Å²) in [6.45, 7) is -0.276. The fourth-order valence-electron chi connectivity index (χ4n) is 1.81. The highest BCUT2D eigenvalue weighted by Gasteiger charge is 2.18. The molecule has 0 aliphatic rings. The van der Waals surface area contributed by atoms with E-state index in [0.29, 0.717) is 0 Å². The van der Waals surface area contributed by atoms with Crippen molar-refractivity contribution in [1.29, 1.82) is 0 Å². The van der Waals surface area contributed by atoms with E-state index in [9.17, 15) is 19.6 Å². The maximum atomic E-state index is 13.8. The van der Waals surface area contributed by atoms with Crippen LogP contribution in [0.4, 0.5) is 10.1 Å². The Hall–Kier alpha value is -2.54. The summed E-state index contributed by atoms with van der Waals surface area (Å²) < 4.78 is 24.0. The molecule has 0 fully saturated rings. The Labute approximate surface area is 129 Å². The van der Waals surface area contributed by atoms with Gasteiger partial charge in [-0.3, -0.25) is 10.1 Å². The molecule has 0 bridgehead atoms. The summed E-state index contributed by atoms with van der Waals surface area (Å²) in [5, 5.41) is 20.3. The lowest BCUT2D eigenvalue weighted by molar-refractivity contribution is -0.384. The van der Waals surface area contributed by atoms with Crippen molar-refractivity contribution in [3.8, 4) is 17.2 Å². The van der Waals surface area contributed by atoms with Crippen LogP contribution in [0.15, 0.2) is 30.3 Å². The largest absolute Gasteiger partial charge is 0.504 e. The molecule has 0 spiro atoms. The van der Waals surface area contributed by atoms with E-state index in [4.69, 9.17) is 21.1 Å².